The molecule has 0 atom stereocenters. The van der Waals surface area contributed by atoms with E-state index in [9.17, 15) is 0 Å². The van der Waals surface area contributed by atoms with Gasteiger partial charge in [-0.3, -0.25) is 0 Å². The Balaban J connectivity index is 2.27. The van der Waals surface area contributed by atoms with Crippen LogP contribution in [0.5, 0.6) is 0 Å². The highest BCUT2D eigenvalue weighted by Crippen LogP contribution is 2.30. The van der Waals surface area contributed by atoms with E-state index in [0.29, 0.717) is 0 Å². The van der Waals surface area contributed by atoms with Crippen molar-refractivity contribution in [1.29, 1.82) is 0 Å². The number of benzene rings is 2. The van der Waals surface area contributed by atoms with Gasteiger partial charge in [0.1, 0.15) is 0 Å². The van der Waals surface area contributed by atoms with Crippen molar-refractivity contribution in [3.05, 3.63) is 58.2 Å². The first-order valence-corrected chi connectivity index (χ1v) is 7.76. The Morgan fingerprint density at radius 3 is 2.60 bits per heavy atom. The van der Waals surface area contributed by atoms with Crippen LogP contribution in [0.1, 0.15) is 6.92 Å². The van der Waals surface area contributed by atoms with E-state index in [1.807, 2.05) is 18.2 Å². The number of pyridine rings is 1. The Labute approximate surface area is 132 Å². The fourth-order valence-corrected chi connectivity index (χ4v) is 2.93. The lowest BCUT2D eigenvalue weighted by atomic mass is 10.1. The number of para-hydroxylation sites is 1. The van der Waals surface area contributed by atoms with Gasteiger partial charge in [-0.15, -0.1) is 0 Å². The Kier molecular flexibility index (Phi) is 3.87. The average Bonchev–Trinajstić information content (AvgIpc) is 2.49. The molecule has 100 valence electrons. The van der Waals surface area contributed by atoms with Gasteiger partial charge < -0.3 is 5.32 Å². The number of halogens is 1. The molecular formula is C17H15IN2. The molecule has 1 N–H and O–H groups in total. The summed E-state index contributed by atoms with van der Waals surface area (Å²) in [5.41, 5.74) is 4.37. The van der Waals surface area contributed by atoms with E-state index in [0.717, 1.165) is 29.0 Å². The molecule has 0 aliphatic rings. The van der Waals surface area contributed by atoms with Crippen LogP contribution >= 0.6 is 22.6 Å². The maximum atomic E-state index is 4.84. The molecule has 3 aromatic rings. The smallest absolute Gasteiger partial charge is 0.0863 e. The molecular weight excluding hydrogens is 359 g/mol. The van der Waals surface area contributed by atoms with Gasteiger partial charge >= 0.3 is 0 Å². The lowest BCUT2D eigenvalue weighted by molar-refractivity contribution is 1.21. The molecule has 2 nitrogen and oxygen atoms in total. The molecule has 0 saturated carbocycles. The molecule has 3 heteroatoms. The zero-order valence-electron chi connectivity index (χ0n) is 11.2. The summed E-state index contributed by atoms with van der Waals surface area (Å²) in [5, 5.41) is 4.62. The number of hydrogen-bond acceptors (Lipinski definition) is 2. The number of fused-ring (bicyclic) bond motifs is 1. The second-order valence-corrected chi connectivity index (χ2v) is 5.75. The lowest BCUT2D eigenvalue weighted by Gasteiger charge is -2.11. The van der Waals surface area contributed by atoms with Crippen LogP contribution < -0.4 is 5.32 Å². The molecule has 0 saturated heterocycles. The normalized spacial score (nSPS) is 10.7. The molecule has 0 aliphatic heterocycles. The van der Waals surface area contributed by atoms with E-state index in [1.54, 1.807) is 0 Å². The maximum Gasteiger partial charge on any atom is 0.0863 e. The maximum absolute atomic E-state index is 4.84. The van der Waals surface area contributed by atoms with E-state index in [2.05, 4.69) is 71.2 Å². The summed E-state index contributed by atoms with van der Waals surface area (Å²) in [4.78, 5) is 4.84. The van der Waals surface area contributed by atoms with Crippen LogP contribution in [0.15, 0.2) is 54.6 Å². The van der Waals surface area contributed by atoms with Gasteiger partial charge in [-0.25, -0.2) is 4.98 Å². The summed E-state index contributed by atoms with van der Waals surface area (Å²) in [5.74, 6) is 0. The minimum atomic E-state index is 0.902. The van der Waals surface area contributed by atoms with Gasteiger partial charge in [-0.05, 0) is 41.6 Å². The topological polar surface area (TPSA) is 24.9 Å². The standard InChI is InChI=1S/C17H15IN2/c1-2-19-16-11-15(12-7-4-3-5-8-12)20-17-13(16)9-6-10-14(17)18/h3-11H,2H2,1H3,(H,19,20). The second-order valence-electron chi connectivity index (χ2n) is 4.59. The largest absolute Gasteiger partial charge is 0.385 e. The third-order valence-electron chi connectivity index (χ3n) is 3.23. The fraction of sp³-hybridized carbons (Fsp3) is 0.118. The summed E-state index contributed by atoms with van der Waals surface area (Å²) >= 11 is 2.35. The molecule has 2 aromatic carbocycles. The summed E-state index contributed by atoms with van der Waals surface area (Å²) < 4.78 is 1.18. The summed E-state index contributed by atoms with van der Waals surface area (Å²) in [6, 6.07) is 18.7. The molecule has 0 unspecified atom stereocenters. The highest BCUT2D eigenvalue weighted by Gasteiger charge is 2.09. The molecule has 20 heavy (non-hydrogen) atoms. The van der Waals surface area contributed by atoms with Gasteiger partial charge in [0.2, 0.25) is 0 Å². The van der Waals surface area contributed by atoms with Gasteiger partial charge in [0.15, 0.2) is 0 Å². The first kappa shape index (κ1) is 13.4. The predicted octanol–water partition coefficient (Wildman–Crippen LogP) is 4.94. The molecule has 0 bridgehead atoms. The molecule has 0 aliphatic carbocycles. The van der Waals surface area contributed by atoms with Crippen LogP contribution in [0.3, 0.4) is 0 Å². The van der Waals surface area contributed by atoms with E-state index < -0.39 is 0 Å². The summed E-state index contributed by atoms with van der Waals surface area (Å²) in [6.45, 7) is 3.02. The molecule has 1 aromatic heterocycles. The molecule has 1 heterocycles. The van der Waals surface area contributed by atoms with Crippen LogP contribution in [-0.2, 0) is 0 Å². The van der Waals surface area contributed by atoms with Crippen molar-refractivity contribution in [2.45, 2.75) is 6.92 Å². The van der Waals surface area contributed by atoms with Gasteiger partial charge in [0.05, 0.1) is 11.2 Å². The van der Waals surface area contributed by atoms with Gasteiger partial charge in [-0.2, -0.15) is 0 Å². The highest BCUT2D eigenvalue weighted by atomic mass is 127. The third-order valence-corrected chi connectivity index (χ3v) is 4.10. The van der Waals surface area contributed by atoms with Crippen molar-refractivity contribution in [2.24, 2.45) is 0 Å². The number of aromatic nitrogens is 1. The number of anilines is 1. The van der Waals surface area contributed by atoms with Crippen LogP contribution in [0, 0.1) is 3.57 Å². The third kappa shape index (κ3) is 2.50. The molecule has 0 fully saturated rings. The number of nitrogens with one attached hydrogen (secondary N) is 1. The van der Waals surface area contributed by atoms with Crippen LogP contribution in [0.25, 0.3) is 22.2 Å². The first-order valence-electron chi connectivity index (χ1n) is 6.68. The van der Waals surface area contributed by atoms with Gasteiger partial charge in [-0.1, -0.05) is 42.5 Å². The number of hydrogen-bond donors (Lipinski definition) is 1. The molecule has 0 amide bonds. The summed E-state index contributed by atoms with van der Waals surface area (Å²) in [7, 11) is 0. The second kappa shape index (κ2) is 5.79. The Bertz CT molecular complexity index is 739. The van der Waals surface area contributed by atoms with E-state index in [4.69, 9.17) is 4.98 Å². The molecule has 0 radical (unpaired) electrons. The minimum absolute atomic E-state index is 0.902. The zero-order valence-corrected chi connectivity index (χ0v) is 13.4. The van der Waals surface area contributed by atoms with E-state index in [-0.39, 0.29) is 0 Å². The monoisotopic (exact) mass is 374 g/mol. The van der Waals surface area contributed by atoms with Gasteiger partial charge in [0.25, 0.3) is 0 Å². The number of rotatable bonds is 3. The lowest BCUT2D eigenvalue weighted by Crippen LogP contribution is -2.00. The Morgan fingerprint density at radius 1 is 1.05 bits per heavy atom. The summed E-state index contributed by atoms with van der Waals surface area (Å²) in [6.07, 6.45) is 0. The van der Waals surface area contributed by atoms with Crippen molar-refractivity contribution in [3.63, 3.8) is 0 Å². The molecule has 0 spiro atoms. The van der Waals surface area contributed by atoms with E-state index in [1.165, 1.54) is 8.96 Å². The zero-order chi connectivity index (χ0) is 13.9. The SMILES string of the molecule is CCNc1cc(-c2ccccc2)nc2c(I)cccc12. The van der Waals surface area contributed by atoms with Crippen LogP contribution in [0.2, 0.25) is 0 Å². The quantitative estimate of drug-likeness (QED) is 0.657. The van der Waals surface area contributed by atoms with Crippen molar-refractivity contribution < 1.29 is 0 Å². The fourth-order valence-electron chi connectivity index (χ4n) is 2.31. The van der Waals surface area contributed by atoms with Gasteiger partial charge in [0, 0.05) is 26.8 Å². The van der Waals surface area contributed by atoms with Crippen LogP contribution in [0.4, 0.5) is 5.69 Å². The van der Waals surface area contributed by atoms with Crippen molar-refractivity contribution in [1.82, 2.24) is 4.98 Å². The van der Waals surface area contributed by atoms with E-state index >= 15 is 0 Å². The minimum Gasteiger partial charge on any atom is -0.385 e. The highest BCUT2D eigenvalue weighted by molar-refractivity contribution is 14.1. The Hall–Kier alpha value is -1.62. The average molecular weight is 374 g/mol. The first-order chi connectivity index (χ1) is 9.79. The predicted molar refractivity (Wildman–Crippen MR) is 94.1 cm³/mol. The van der Waals surface area contributed by atoms with Crippen molar-refractivity contribution in [2.75, 3.05) is 11.9 Å². The van der Waals surface area contributed by atoms with Crippen LogP contribution in [-0.4, -0.2) is 11.5 Å². The van der Waals surface area contributed by atoms with Crippen molar-refractivity contribution in [3.8, 4) is 11.3 Å². The van der Waals surface area contributed by atoms with Crippen molar-refractivity contribution >= 4 is 39.2 Å². The molecule has 3 rings (SSSR count). The Morgan fingerprint density at radius 2 is 1.85 bits per heavy atom. The number of nitrogens with zero attached hydrogens (tertiary/aromatic N) is 1.